The van der Waals surface area contributed by atoms with Crippen molar-refractivity contribution >= 4 is 21.7 Å². The van der Waals surface area contributed by atoms with E-state index < -0.39 is 10.0 Å². The van der Waals surface area contributed by atoms with Crippen LogP contribution in [-0.4, -0.2) is 34.0 Å². The average Bonchev–Trinajstić information content (AvgIpc) is 3.29. The van der Waals surface area contributed by atoms with Gasteiger partial charge in [-0.1, -0.05) is 60.7 Å². The fourth-order valence-electron chi connectivity index (χ4n) is 3.41. The molecular weight excluding hydrogens is 396 g/mol. The Morgan fingerprint density at radius 3 is 2.13 bits per heavy atom. The van der Waals surface area contributed by atoms with Crippen LogP contribution in [0.25, 0.3) is 0 Å². The number of aliphatic imine (C=N–C) groups is 1. The van der Waals surface area contributed by atoms with Gasteiger partial charge in [0, 0.05) is 24.7 Å². The maximum absolute atomic E-state index is 12.7. The van der Waals surface area contributed by atoms with Crippen molar-refractivity contribution in [1.29, 1.82) is 0 Å². The molecule has 0 aliphatic carbocycles. The molecule has 1 aliphatic rings. The van der Waals surface area contributed by atoms with Gasteiger partial charge in [0.15, 0.2) is 5.96 Å². The van der Waals surface area contributed by atoms with Crippen LogP contribution in [0.2, 0.25) is 0 Å². The average molecular weight is 421 g/mol. The minimum atomic E-state index is -3.58. The maximum atomic E-state index is 12.7. The Labute approximate surface area is 177 Å². The van der Waals surface area contributed by atoms with Crippen LogP contribution in [0.15, 0.2) is 94.8 Å². The molecule has 0 saturated heterocycles. The smallest absolute Gasteiger partial charge is 0.240 e. The Balaban J connectivity index is 1.54. The number of hydrogen-bond donors (Lipinski definition) is 3. The summed E-state index contributed by atoms with van der Waals surface area (Å²) in [6.07, 6.45) is 0. The van der Waals surface area contributed by atoms with Crippen molar-refractivity contribution in [2.45, 2.75) is 10.8 Å². The molecule has 1 unspecified atom stereocenters. The highest BCUT2D eigenvalue weighted by Crippen LogP contribution is 2.26. The van der Waals surface area contributed by atoms with Crippen molar-refractivity contribution in [2.75, 3.05) is 25.0 Å². The molecule has 1 atom stereocenters. The van der Waals surface area contributed by atoms with E-state index in [2.05, 4.69) is 20.3 Å². The molecule has 1 aliphatic heterocycles. The van der Waals surface area contributed by atoms with Gasteiger partial charge in [-0.25, -0.2) is 13.1 Å². The highest BCUT2D eigenvalue weighted by atomic mass is 32.2. The minimum Gasteiger partial charge on any atom is -0.354 e. The lowest BCUT2D eigenvalue weighted by Gasteiger charge is -2.19. The van der Waals surface area contributed by atoms with E-state index in [-0.39, 0.29) is 17.4 Å². The van der Waals surface area contributed by atoms with E-state index in [1.165, 1.54) is 0 Å². The molecule has 3 aromatic carbocycles. The SMILES string of the molecule is O=S(=O)(NCC(c1ccccc1)c1ccc(NC2=NCCN2)cc1)c1ccccc1. The zero-order chi connectivity index (χ0) is 20.8. The molecule has 0 aromatic heterocycles. The van der Waals surface area contributed by atoms with Crippen LogP contribution in [-0.2, 0) is 10.0 Å². The van der Waals surface area contributed by atoms with Gasteiger partial charge in [-0.3, -0.25) is 4.99 Å². The van der Waals surface area contributed by atoms with Crippen LogP contribution in [0.4, 0.5) is 5.69 Å². The second kappa shape index (κ2) is 9.11. The lowest BCUT2D eigenvalue weighted by molar-refractivity contribution is 0.577. The van der Waals surface area contributed by atoms with Gasteiger partial charge in [0.25, 0.3) is 0 Å². The van der Waals surface area contributed by atoms with E-state index in [4.69, 9.17) is 0 Å². The van der Waals surface area contributed by atoms with Crippen molar-refractivity contribution in [3.63, 3.8) is 0 Å². The quantitative estimate of drug-likeness (QED) is 0.548. The van der Waals surface area contributed by atoms with Crippen LogP contribution < -0.4 is 15.4 Å². The predicted molar refractivity (Wildman–Crippen MR) is 120 cm³/mol. The molecule has 154 valence electrons. The van der Waals surface area contributed by atoms with Crippen molar-refractivity contribution < 1.29 is 8.42 Å². The second-order valence-electron chi connectivity index (χ2n) is 7.03. The fraction of sp³-hybridized carbons (Fsp3) is 0.174. The molecule has 7 heteroatoms. The number of rotatable bonds is 7. The number of hydrogen-bond acceptors (Lipinski definition) is 5. The van der Waals surface area contributed by atoms with E-state index in [1.807, 2.05) is 54.6 Å². The van der Waals surface area contributed by atoms with E-state index in [1.54, 1.807) is 30.3 Å². The van der Waals surface area contributed by atoms with Gasteiger partial charge in [0.2, 0.25) is 10.0 Å². The Kier molecular flexibility index (Phi) is 6.11. The summed E-state index contributed by atoms with van der Waals surface area (Å²) < 4.78 is 28.2. The third-order valence-electron chi connectivity index (χ3n) is 4.98. The molecule has 0 bridgehead atoms. The summed E-state index contributed by atoms with van der Waals surface area (Å²) in [6, 6.07) is 26.4. The topological polar surface area (TPSA) is 82.6 Å². The molecule has 0 saturated carbocycles. The fourth-order valence-corrected chi connectivity index (χ4v) is 4.47. The molecule has 3 aromatic rings. The maximum Gasteiger partial charge on any atom is 0.240 e. The van der Waals surface area contributed by atoms with E-state index in [9.17, 15) is 8.42 Å². The van der Waals surface area contributed by atoms with Gasteiger partial charge in [-0.05, 0) is 35.4 Å². The van der Waals surface area contributed by atoms with Gasteiger partial charge < -0.3 is 10.6 Å². The number of nitrogens with one attached hydrogen (secondary N) is 3. The number of sulfonamides is 1. The summed E-state index contributed by atoms with van der Waals surface area (Å²) in [5.41, 5.74) is 3.02. The summed E-state index contributed by atoms with van der Waals surface area (Å²) in [4.78, 5) is 4.60. The zero-order valence-corrected chi connectivity index (χ0v) is 17.3. The molecule has 0 amide bonds. The first kappa shape index (κ1) is 20.1. The Bertz CT molecular complexity index is 1100. The van der Waals surface area contributed by atoms with Crippen molar-refractivity contribution in [3.05, 3.63) is 96.1 Å². The van der Waals surface area contributed by atoms with Crippen LogP contribution >= 0.6 is 0 Å². The van der Waals surface area contributed by atoms with Crippen LogP contribution in [0.5, 0.6) is 0 Å². The third-order valence-corrected chi connectivity index (χ3v) is 6.42. The van der Waals surface area contributed by atoms with Crippen molar-refractivity contribution in [1.82, 2.24) is 10.0 Å². The normalized spacial score (nSPS) is 14.6. The number of benzene rings is 3. The van der Waals surface area contributed by atoms with Gasteiger partial charge >= 0.3 is 0 Å². The van der Waals surface area contributed by atoms with E-state index >= 15 is 0 Å². The second-order valence-corrected chi connectivity index (χ2v) is 8.80. The van der Waals surface area contributed by atoms with Gasteiger partial charge in [0.05, 0.1) is 11.4 Å². The lowest BCUT2D eigenvalue weighted by Crippen LogP contribution is -2.29. The molecule has 1 heterocycles. The molecule has 0 radical (unpaired) electrons. The number of nitrogens with zero attached hydrogens (tertiary/aromatic N) is 1. The van der Waals surface area contributed by atoms with E-state index in [0.29, 0.717) is 0 Å². The highest BCUT2D eigenvalue weighted by Gasteiger charge is 2.19. The van der Waals surface area contributed by atoms with Gasteiger partial charge in [-0.15, -0.1) is 0 Å². The minimum absolute atomic E-state index is 0.110. The lowest BCUT2D eigenvalue weighted by atomic mass is 9.91. The Morgan fingerprint density at radius 1 is 0.867 bits per heavy atom. The largest absolute Gasteiger partial charge is 0.354 e. The molecule has 0 fully saturated rings. The Morgan fingerprint density at radius 2 is 1.50 bits per heavy atom. The van der Waals surface area contributed by atoms with E-state index in [0.717, 1.165) is 35.9 Å². The first-order valence-corrected chi connectivity index (χ1v) is 11.4. The standard InChI is InChI=1S/C23H24N4O2S/c28-30(29,21-9-5-2-6-10-21)26-17-22(18-7-3-1-4-8-18)19-11-13-20(14-12-19)27-23-24-15-16-25-23/h1-14,22,26H,15-17H2,(H2,24,25,27). The molecule has 30 heavy (non-hydrogen) atoms. The summed E-state index contributed by atoms with van der Waals surface area (Å²) in [7, 11) is -3.58. The molecule has 3 N–H and O–H groups in total. The first-order valence-electron chi connectivity index (χ1n) is 9.87. The van der Waals surface area contributed by atoms with Crippen LogP contribution in [0.3, 0.4) is 0 Å². The van der Waals surface area contributed by atoms with Gasteiger partial charge in [0.1, 0.15) is 0 Å². The van der Waals surface area contributed by atoms with Crippen LogP contribution in [0, 0.1) is 0 Å². The predicted octanol–water partition coefficient (Wildman–Crippen LogP) is 3.17. The highest BCUT2D eigenvalue weighted by molar-refractivity contribution is 7.89. The summed E-state index contributed by atoms with van der Waals surface area (Å²) in [5, 5.41) is 6.43. The summed E-state index contributed by atoms with van der Waals surface area (Å²) >= 11 is 0. The summed E-state index contributed by atoms with van der Waals surface area (Å²) in [5.74, 6) is 0.665. The van der Waals surface area contributed by atoms with Crippen molar-refractivity contribution in [3.8, 4) is 0 Å². The molecule has 0 spiro atoms. The monoisotopic (exact) mass is 420 g/mol. The third kappa shape index (κ3) is 4.87. The van der Waals surface area contributed by atoms with Crippen molar-refractivity contribution in [2.24, 2.45) is 4.99 Å². The molecule has 4 rings (SSSR count). The number of anilines is 1. The van der Waals surface area contributed by atoms with Gasteiger partial charge in [-0.2, -0.15) is 0 Å². The molecular formula is C23H24N4O2S. The Hall–Kier alpha value is -3.16. The molecule has 6 nitrogen and oxygen atoms in total. The first-order chi connectivity index (χ1) is 14.6. The van der Waals surface area contributed by atoms with Crippen LogP contribution in [0.1, 0.15) is 17.0 Å². The zero-order valence-electron chi connectivity index (χ0n) is 16.5. The summed E-state index contributed by atoms with van der Waals surface area (Å²) in [6.45, 7) is 1.89. The number of guanidine groups is 1.